The van der Waals surface area contributed by atoms with Crippen LogP contribution in [0.4, 0.5) is 19.1 Å². The SMILES string of the molecule is CC(C)(CC(F)F)c1c(C#N)c(F)c2cnc(N[C@@H]3CCOC[C@H]3O)nn12. The summed E-state index contributed by atoms with van der Waals surface area (Å²) < 4.78 is 47.0. The van der Waals surface area contributed by atoms with Gasteiger partial charge in [-0.1, -0.05) is 13.8 Å². The molecule has 1 aliphatic rings. The number of hydrogen-bond acceptors (Lipinski definition) is 6. The van der Waals surface area contributed by atoms with E-state index >= 15 is 0 Å². The molecule has 7 nitrogen and oxygen atoms in total. The van der Waals surface area contributed by atoms with E-state index in [1.54, 1.807) is 6.07 Å². The van der Waals surface area contributed by atoms with Crippen molar-refractivity contribution >= 4 is 11.5 Å². The zero-order valence-corrected chi connectivity index (χ0v) is 14.9. The number of rotatable bonds is 5. The summed E-state index contributed by atoms with van der Waals surface area (Å²) in [7, 11) is 0. The van der Waals surface area contributed by atoms with Crippen LogP contribution < -0.4 is 5.32 Å². The summed E-state index contributed by atoms with van der Waals surface area (Å²) >= 11 is 0. The lowest BCUT2D eigenvalue weighted by molar-refractivity contribution is -0.0136. The van der Waals surface area contributed by atoms with E-state index in [4.69, 9.17) is 4.74 Å². The fourth-order valence-electron chi connectivity index (χ4n) is 3.34. The van der Waals surface area contributed by atoms with Gasteiger partial charge in [-0.15, -0.1) is 5.10 Å². The highest BCUT2D eigenvalue weighted by Crippen LogP contribution is 2.35. The van der Waals surface area contributed by atoms with Gasteiger partial charge in [-0.25, -0.2) is 22.7 Å². The number of nitrogens with one attached hydrogen (secondary N) is 1. The smallest absolute Gasteiger partial charge is 0.241 e. The second-order valence-electron chi connectivity index (χ2n) is 7.19. The molecule has 0 radical (unpaired) electrons. The molecule has 1 fully saturated rings. The monoisotopic (exact) mass is 383 g/mol. The molecule has 2 aromatic heterocycles. The van der Waals surface area contributed by atoms with Gasteiger partial charge in [0.2, 0.25) is 12.4 Å². The van der Waals surface area contributed by atoms with Crippen LogP contribution in [0.3, 0.4) is 0 Å². The van der Waals surface area contributed by atoms with E-state index in [9.17, 15) is 23.5 Å². The summed E-state index contributed by atoms with van der Waals surface area (Å²) in [6, 6.07) is 1.40. The average molecular weight is 383 g/mol. The van der Waals surface area contributed by atoms with Gasteiger partial charge in [-0.3, -0.25) is 0 Å². The van der Waals surface area contributed by atoms with Gasteiger partial charge in [0.05, 0.1) is 30.6 Å². The molecule has 0 amide bonds. The second-order valence-corrected chi connectivity index (χ2v) is 7.19. The molecule has 0 saturated carbocycles. The van der Waals surface area contributed by atoms with Gasteiger partial charge in [0, 0.05) is 18.4 Å². The number of nitriles is 1. The maximum Gasteiger partial charge on any atom is 0.241 e. The van der Waals surface area contributed by atoms with Crippen molar-refractivity contribution in [1.82, 2.24) is 14.6 Å². The molecule has 3 heterocycles. The highest BCUT2D eigenvalue weighted by Gasteiger charge is 2.35. The van der Waals surface area contributed by atoms with Crippen molar-refractivity contribution in [1.29, 1.82) is 5.26 Å². The zero-order chi connectivity index (χ0) is 19.8. The molecule has 2 aromatic rings. The van der Waals surface area contributed by atoms with Gasteiger partial charge in [-0.2, -0.15) is 5.26 Å². The summed E-state index contributed by atoms with van der Waals surface area (Å²) in [5.41, 5.74) is -1.52. The number of hydrogen-bond donors (Lipinski definition) is 2. The highest BCUT2D eigenvalue weighted by molar-refractivity contribution is 5.59. The third-order valence-electron chi connectivity index (χ3n) is 4.68. The molecule has 0 unspecified atom stereocenters. The van der Waals surface area contributed by atoms with Crippen LogP contribution in [-0.4, -0.2) is 51.5 Å². The van der Waals surface area contributed by atoms with Crippen LogP contribution >= 0.6 is 0 Å². The number of nitrogens with zero attached hydrogens (tertiary/aromatic N) is 4. The van der Waals surface area contributed by atoms with Crippen LogP contribution in [-0.2, 0) is 10.2 Å². The van der Waals surface area contributed by atoms with E-state index in [-0.39, 0.29) is 35.4 Å². The lowest BCUT2D eigenvalue weighted by Crippen LogP contribution is -2.42. The quantitative estimate of drug-likeness (QED) is 0.822. The third-order valence-corrected chi connectivity index (χ3v) is 4.68. The number of anilines is 1. The van der Waals surface area contributed by atoms with E-state index in [2.05, 4.69) is 15.4 Å². The lowest BCUT2D eigenvalue weighted by Gasteiger charge is -2.28. The van der Waals surface area contributed by atoms with E-state index in [1.165, 1.54) is 20.0 Å². The Morgan fingerprint density at radius 3 is 2.89 bits per heavy atom. The first-order chi connectivity index (χ1) is 12.7. The van der Waals surface area contributed by atoms with E-state index in [1.807, 2.05) is 0 Å². The number of aliphatic hydroxyl groups excluding tert-OH is 1. The minimum absolute atomic E-state index is 0.0655. The Kier molecular flexibility index (Phi) is 5.26. The first-order valence-corrected chi connectivity index (χ1v) is 8.53. The number of aliphatic hydroxyl groups is 1. The maximum absolute atomic E-state index is 14.6. The summed E-state index contributed by atoms with van der Waals surface area (Å²) in [6.07, 6.45) is -2.23. The van der Waals surface area contributed by atoms with Crippen LogP contribution in [0.25, 0.3) is 5.52 Å². The van der Waals surface area contributed by atoms with Crippen LogP contribution in [0, 0.1) is 17.1 Å². The Balaban J connectivity index is 2.06. The molecule has 0 aliphatic carbocycles. The van der Waals surface area contributed by atoms with Crippen LogP contribution in [0.15, 0.2) is 6.20 Å². The van der Waals surface area contributed by atoms with Crippen LogP contribution in [0.1, 0.15) is 37.9 Å². The third kappa shape index (κ3) is 3.70. The Labute approximate surface area is 153 Å². The Morgan fingerprint density at radius 1 is 1.52 bits per heavy atom. The summed E-state index contributed by atoms with van der Waals surface area (Å²) in [5.74, 6) is -0.741. The second kappa shape index (κ2) is 7.32. The molecule has 146 valence electrons. The van der Waals surface area contributed by atoms with Crippen LogP contribution in [0.2, 0.25) is 0 Å². The summed E-state index contributed by atoms with van der Waals surface area (Å²) in [6.45, 7) is 3.65. The highest BCUT2D eigenvalue weighted by atomic mass is 19.3. The van der Waals surface area contributed by atoms with Crippen molar-refractivity contribution in [2.75, 3.05) is 18.5 Å². The van der Waals surface area contributed by atoms with Gasteiger partial charge in [-0.05, 0) is 6.42 Å². The van der Waals surface area contributed by atoms with E-state index < -0.39 is 30.2 Å². The van der Waals surface area contributed by atoms with Crippen molar-refractivity contribution in [2.45, 2.75) is 50.7 Å². The predicted molar refractivity (Wildman–Crippen MR) is 90.2 cm³/mol. The molecule has 27 heavy (non-hydrogen) atoms. The standard InChI is InChI=1S/C17H20F3N5O2/c1-17(2,5-13(18)19)15-9(6-21)14(20)11-7-22-16(24-25(11)15)23-10-3-4-27-8-12(10)26/h7,10,12-13,26H,3-5,8H2,1-2H3,(H,23,24)/t10-,12-/m1/s1. The first kappa shape index (κ1) is 19.4. The van der Waals surface area contributed by atoms with Crippen molar-refractivity contribution in [3.8, 4) is 6.07 Å². The molecule has 0 bridgehead atoms. The predicted octanol–water partition coefficient (Wildman–Crippen LogP) is 2.23. The fraction of sp³-hybridized carbons (Fsp3) is 0.588. The Morgan fingerprint density at radius 2 is 2.26 bits per heavy atom. The molecule has 2 atom stereocenters. The molecule has 1 aliphatic heterocycles. The number of halogens is 3. The van der Waals surface area contributed by atoms with E-state index in [0.717, 1.165) is 4.52 Å². The van der Waals surface area contributed by atoms with Crippen LogP contribution in [0.5, 0.6) is 0 Å². The first-order valence-electron chi connectivity index (χ1n) is 8.53. The van der Waals surface area contributed by atoms with Gasteiger partial charge in [0.1, 0.15) is 17.1 Å². The normalized spacial score (nSPS) is 20.8. The van der Waals surface area contributed by atoms with Crippen molar-refractivity contribution < 1.29 is 23.0 Å². The van der Waals surface area contributed by atoms with Crippen molar-refractivity contribution in [3.63, 3.8) is 0 Å². The maximum atomic E-state index is 14.6. The lowest BCUT2D eigenvalue weighted by atomic mass is 9.84. The molecule has 1 saturated heterocycles. The molecular weight excluding hydrogens is 363 g/mol. The minimum Gasteiger partial charge on any atom is -0.389 e. The molecule has 0 aromatic carbocycles. The fourth-order valence-corrected chi connectivity index (χ4v) is 3.34. The molecule has 0 spiro atoms. The van der Waals surface area contributed by atoms with Gasteiger partial charge in [0.25, 0.3) is 0 Å². The Hall–Kier alpha value is -2.38. The molecule has 2 N–H and O–H groups in total. The average Bonchev–Trinajstić information content (AvgIpc) is 2.88. The Bertz CT molecular complexity index is 878. The number of fused-ring (bicyclic) bond motifs is 1. The number of ether oxygens (including phenoxy) is 1. The number of alkyl halides is 2. The van der Waals surface area contributed by atoms with Crippen molar-refractivity contribution in [2.24, 2.45) is 0 Å². The topological polar surface area (TPSA) is 95.5 Å². The van der Waals surface area contributed by atoms with Gasteiger partial charge < -0.3 is 15.2 Å². The van der Waals surface area contributed by atoms with Crippen molar-refractivity contribution in [3.05, 3.63) is 23.3 Å². The molecular formula is C17H20F3N5O2. The number of aromatic nitrogens is 3. The van der Waals surface area contributed by atoms with Gasteiger partial charge in [0.15, 0.2) is 5.82 Å². The van der Waals surface area contributed by atoms with Gasteiger partial charge >= 0.3 is 0 Å². The largest absolute Gasteiger partial charge is 0.389 e. The summed E-state index contributed by atoms with van der Waals surface area (Å²) in [5, 5.41) is 26.5. The summed E-state index contributed by atoms with van der Waals surface area (Å²) in [4.78, 5) is 4.04. The zero-order valence-electron chi connectivity index (χ0n) is 14.9. The minimum atomic E-state index is -2.63. The molecule has 3 rings (SSSR count). The van der Waals surface area contributed by atoms with E-state index in [0.29, 0.717) is 13.0 Å². The molecule has 10 heteroatoms.